The molecule has 2 heterocycles. The third-order valence-corrected chi connectivity index (χ3v) is 6.13. The summed E-state index contributed by atoms with van der Waals surface area (Å²) in [7, 11) is 1.84. The number of primary amides is 1. The molecule has 1 aliphatic rings. The number of hydrogen-bond acceptors (Lipinski definition) is 5. The van der Waals surface area contributed by atoms with Gasteiger partial charge in [-0.25, -0.2) is 0 Å². The van der Waals surface area contributed by atoms with Gasteiger partial charge in [0.1, 0.15) is 5.82 Å². The van der Waals surface area contributed by atoms with E-state index in [9.17, 15) is 14.7 Å². The second-order valence-electron chi connectivity index (χ2n) is 8.19. The largest absolute Gasteiger partial charge is 0.372 e. The molecule has 2 amide bonds. The molecule has 0 saturated carbocycles. The van der Waals surface area contributed by atoms with Crippen LogP contribution in [-0.2, 0) is 24.0 Å². The molecule has 4 N–H and O–H groups in total. The second kappa shape index (κ2) is 8.17. The summed E-state index contributed by atoms with van der Waals surface area (Å²) in [6.07, 6.45) is 1.74. The molecule has 3 aromatic carbocycles. The van der Waals surface area contributed by atoms with Gasteiger partial charge in [-0.3, -0.25) is 14.3 Å². The maximum Gasteiger partial charge on any atom is 0.258 e. The number of nitrogens with zero attached hydrogens (tertiary/aromatic N) is 3. The highest BCUT2D eigenvalue weighted by molar-refractivity contribution is 6.08. The Bertz CT molecular complexity index is 1380. The summed E-state index contributed by atoms with van der Waals surface area (Å²) in [6, 6.07) is 22.4. The van der Waals surface area contributed by atoms with Crippen LogP contribution in [0.1, 0.15) is 27.0 Å². The summed E-state index contributed by atoms with van der Waals surface area (Å²) in [5, 5.41) is 18.9. The maximum atomic E-state index is 13.6. The van der Waals surface area contributed by atoms with Crippen molar-refractivity contribution in [3.05, 3.63) is 107 Å². The van der Waals surface area contributed by atoms with Crippen molar-refractivity contribution in [1.29, 1.82) is 0 Å². The molecule has 0 saturated heterocycles. The fraction of sp³-hybridized carbons (Fsp3) is 0.115. The maximum absolute atomic E-state index is 13.6. The molecule has 1 aliphatic heterocycles. The van der Waals surface area contributed by atoms with Gasteiger partial charge in [-0.15, -0.1) is 0 Å². The molecule has 1 aromatic heterocycles. The van der Waals surface area contributed by atoms with Gasteiger partial charge in [0.15, 0.2) is 5.60 Å². The molecule has 4 aromatic rings. The van der Waals surface area contributed by atoms with Crippen molar-refractivity contribution in [2.45, 2.75) is 12.1 Å². The van der Waals surface area contributed by atoms with Gasteiger partial charge in [0.2, 0.25) is 0 Å². The second-order valence-corrected chi connectivity index (χ2v) is 8.19. The van der Waals surface area contributed by atoms with Crippen LogP contribution in [-0.4, -0.2) is 26.7 Å². The molecule has 0 spiro atoms. The average molecular weight is 454 g/mol. The van der Waals surface area contributed by atoms with E-state index in [2.05, 4.69) is 10.4 Å². The van der Waals surface area contributed by atoms with Gasteiger partial charge in [0.25, 0.3) is 11.8 Å². The van der Waals surface area contributed by atoms with E-state index in [-0.39, 0.29) is 11.5 Å². The predicted molar refractivity (Wildman–Crippen MR) is 129 cm³/mol. The predicted octanol–water partition coefficient (Wildman–Crippen LogP) is 3.05. The number of hydrogen-bond donors (Lipinski definition) is 3. The molecule has 5 rings (SSSR count). The Morgan fingerprint density at radius 1 is 0.971 bits per heavy atom. The number of nitrogens with one attached hydrogen (secondary N) is 1. The first kappa shape index (κ1) is 21.4. The van der Waals surface area contributed by atoms with Gasteiger partial charge >= 0.3 is 0 Å². The molecule has 170 valence electrons. The molecule has 0 aliphatic carbocycles. The number of fused-ring (bicyclic) bond motifs is 2. The van der Waals surface area contributed by atoms with E-state index in [1.54, 1.807) is 70.4 Å². The third kappa shape index (κ3) is 3.41. The van der Waals surface area contributed by atoms with Crippen LogP contribution in [0.25, 0.3) is 0 Å². The number of nitrogens with two attached hydrogens (primary N) is 1. The van der Waals surface area contributed by atoms with Crippen molar-refractivity contribution >= 4 is 29.0 Å². The van der Waals surface area contributed by atoms with Gasteiger partial charge in [-0.1, -0.05) is 54.6 Å². The number of carbonyl (C=O) groups excluding carboxylic acids is 2. The number of anilines is 3. The Hall–Kier alpha value is -4.43. The molecule has 0 bridgehead atoms. The highest BCUT2D eigenvalue weighted by atomic mass is 16.3. The highest BCUT2D eigenvalue weighted by Crippen LogP contribution is 2.36. The number of benzene rings is 3. The molecule has 1 atom stereocenters. The number of para-hydroxylation sites is 2. The lowest BCUT2D eigenvalue weighted by molar-refractivity contribution is -0.133. The Morgan fingerprint density at radius 3 is 2.32 bits per heavy atom. The van der Waals surface area contributed by atoms with Crippen LogP contribution in [0, 0.1) is 0 Å². The van der Waals surface area contributed by atoms with E-state index in [1.807, 2.05) is 31.3 Å². The topological polar surface area (TPSA) is 113 Å². The van der Waals surface area contributed by atoms with Gasteiger partial charge in [-0.2, -0.15) is 5.10 Å². The number of aryl methyl sites for hydroxylation is 1. The van der Waals surface area contributed by atoms with Crippen LogP contribution in [0.3, 0.4) is 0 Å². The Balaban J connectivity index is 1.52. The molecule has 0 fully saturated rings. The molecule has 34 heavy (non-hydrogen) atoms. The number of rotatable bonds is 4. The minimum absolute atomic E-state index is 0.222. The summed E-state index contributed by atoms with van der Waals surface area (Å²) < 4.78 is 1.74. The fourth-order valence-electron chi connectivity index (χ4n) is 4.28. The summed E-state index contributed by atoms with van der Waals surface area (Å²) in [6.45, 7) is 0.336. The normalized spacial score (nSPS) is 14.2. The monoisotopic (exact) mass is 453 g/mol. The van der Waals surface area contributed by atoms with Crippen LogP contribution in [0.15, 0.2) is 85.1 Å². The van der Waals surface area contributed by atoms with Crippen molar-refractivity contribution in [3.63, 3.8) is 0 Å². The number of amides is 2. The Labute approximate surface area is 196 Å². The lowest BCUT2D eigenvalue weighted by Crippen LogP contribution is -2.42. The zero-order valence-corrected chi connectivity index (χ0v) is 18.5. The molecule has 1 unspecified atom stereocenters. The van der Waals surface area contributed by atoms with E-state index in [1.165, 1.54) is 0 Å². The smallest absolute Gasteiger partial charge is 0.258 e. The lowest BCUT2D eigenvalue weighted by atomic mass is 9.85. The molecule has 8 heteroatoms. The first-order chi connectivity index (χ1) is 16.4. The van der Waals surface area contributed by atoms with Crippen molar-refractivity contribution < 1.29 is 14.7 Å². The first-order valence-corrected chi connectivity index (χ1v) is 10.8. The van der Waals surface area contributed by atoms with Crippen molar-refractivity contribution in [2.24, 2.45) is 12.8 Å². The summed E-state index contributed by atoms with van der Waals surface area (Å²) >= 11 is 0. The van der Waals surface area contributed by atoms with Gasteiger partial charge in [0.05, 0.1) is 24.1 Å². The quantitative estimate of drug-likeness (QED) is 0.440. The first-order valence-electron chi connectivity index (χ1n) is 10.8. The van der Waals surface area contributed by atoms with Crippen LogP contribution in [0.2, 0.25) is 0 Å². The lowest BCUT2D eigenvalue weighted by Gasteiger charge is -2.26. The summed E-state index contributed by atoms with van der Waals surface area (Å²) in [5.74, 6) is -0.290. The average Bonchev–Trinajstić information content (AvgIpc) is 3.11. The zero-order valence-electron chi connectivity index (χ0n) is 18.5. The van der Waals surface area contributed by atoms with Crippen LogP contribution in [0.4, 0.5) is 17.2 Å². The van der Waals surface area contributed by atoms with Crippen molar-refractivity contribution in [1.82, 2.24) is 9.78 Å². The number of aliphatic hydroxyl groups is 1. The highest BCUT2D eigenvalue weighted by Gasteiger charge is 2.38. The van der Waals surface area contributed by atoms with E-state index >= 15 is 0 Å². The van der Waals surface area contributed by atoms with E-state index in [4.69, 9.17) is 5.73 Å². The zero-order chi connectivity index (χ0) is 23.9. The van der Waals surface area contributed by atoms with Crippen LogP contribution >= 0.6 is 0 Å². The van der Waals surface area contributed by atoms with Gasteiger partial charge in [0, 0.05) is 18.2 Å². The summed E-state index contributed by atoms with van der Waals surface area (Å²) in [5.41, 5.74) is 7.06. The summed E-state index contributed by atoms with van der Waals surface area (Å²) in [4.78, 5) is 27.6. The standard InChI is InChI=1S/C26H23N5O3/c1-30-23-18(15-28-30)16-31(22-10-6-5-9-21(22)29-23)24(32)17-11-13-20(14-12-17)26(34,25(27)33)19-7-3-2-4-8-19/h2-15,29,34H,16H2,1H3,(H2,27,33). The minimum atomic E-state index is -2.01. The number of carbonyl (C=O) groups is 2. The third-order valence-electron chi connectivity index (χ3n) is 6.13. The van der Waals surface area contributed by atoms with E-state index < -0.39 is 11.5 Å². The van der Waals surface area contributed by atoms with Crippen molar-refractivity contribution in [3.8, 4) is 0 Å². The Morgan fingerprint density at radius 2 is 1.62 bits per heavy atom. The fourth-order valence-corrected chi connectivity index (χ4v) is 4.28. The molecular weight excluding hydrogens is 430 g/mol. The van der Waals surface area contributed by atoms with Crippen molar-refractivity contribution in [2.75, 3.05) is 10.2 Å². The van der Waals surface area contributed by atoms with Gasteiger partial charge < -0.3 is 21.1 Å². The van der Waals surface area contributed by atoms with Gasteiger partial charge in [-0.05, 0) is 35.4 Å². The number of aromatic nitrogens is 2. The minimum Gasteiger partial charge on any atom is -0.372 e. The van der Waals surface area contributed by atoms with Crippen LogP contribution in [0.5, 0.6) is 0 Å². The SMILES string of the molecule is Cn1ncc2c1Nc1ccccc1N(C(=O)c1ccc(C(O)(C(N)=O)c3ccccc3)cc1)C2. The van der Waals surface area contributed by atoms with Crippen LogP contribution < -0.4 is 16.0 Å². The molecule has 8 nitrogen and oxygen atoms in total. The van der Waals surface area contributed by atoms with E-state index in [0.717, 1.165) is 22.8 Å². The van der Waals surface area contributed by atoms with E-state index in [0.29, 0.717) is 17.7 Å². The molecule has 0 radical (unpaired) electrons. The molecular formula is C26H23N5O3. The Kier molecular flexibility index (Phi) is 5.14.